The molecule has 0 radical (unpaired) electrons. The summed E-state index contributed by atoms with van der Waals surface area (Å²) >= 11 is 0. The van der Waals surface area contributed by atoms with E-state index in [1.54, 1.807) is 0 Å². The van der Waals surface area contributed by atoms with Gasteiger partial charge in [0.05, 0.1) is 13.2 Å². The summed E-state index contributed by atoms with van der Waals surface area (Å²) in [4.78, 5) is 5.25. The summed E-state index contributed by atoms with van der Waals surface area (Å²) in [5.41, 5.74) is 5.65. The largest absolute Gasteiger partial charge is 0.379 e. The van der Waals surface area contributed by atoms with Gasteiger partial charge in [0.2, 0.25) is 0 Å². The van der Waals surface area contributed by atoms with Gasteiger partial charge in [-0.25, -0.2) is 0 Å². The topological polar surface area (TPSA) is 41.7 Å². The van der Waals surface area contributed by atoms with Gasteiger partial charge in [-0.3, -0.25) is 4.90 Å². The Bertz CT molecular complexity index is 231. The molecule has 0 aliphatic carbocycles. The van der Waals surface area contributed by atoms with Gasteiger partial charge >= 0.3 is 0 Å². The van der Waals surface area contributed by atoms with E-state index in [1.807, 2.05) is 0 Å². The van der Waals surface area contributed by atoms with Gasteiger partial charge < -0.3 is 15.4 Å². The zero-order chi connectivity index (χ0) is 12.8. The van der Waals surface area contributed by atoms with E-state index >= 15 is 0 Å². The monoisotopic (exact) mass is 255 g/mol. The molecule has 0 aromatic heterocycles. The van der Waals surface area contributed by atoms with Crippen LogP contribution in [0.25, 0.3) is 0 Å². The summed E-state index contributed by atoms with van der Waals surface area (Å²) in [5.74, 6) is 0.683. The smallest absolute Gasteiger partial charge is 0.0594 e. The third-order valence-corrected chi connectivity index (χ3v) is 4.38. The third-order valence-electron chi connectivity index (χ3n) is 4.38. The molecule has 2 N–H and O–H groups in total. The Kier molecular flexibility index (Phi) is 5.89. The molecule has 106 valence electrons. The van der Waals surface area contributed by atoms with E-state index in [0.29, 0.717) is 5.92 Å². The predicted octanol–water partition coefficient (Wildman–Crippen LogP) is 0.768. The SMILES string of the molecule is CC(CN)CCCN1CCC(N2CCOCC2)C1. The molecular weight excluding hydrogens is 226 g/mol. The summed E-state index contributed by atoms with van der Waals surface area (Å²) in [7, 11) is 0. The maximum Gasteiger partial charge on any atom is 0.0594 e. The second-order valence-corrected chi connectivity index (χ2v) is 5.87. The van der Waals surface area contributed by atoms with E-state index in [9.17, 15) is 0 Å². The fourth-order valence-electron chi connectivity index (χ4n) is 3.04. The molecule has 0 aromatic rings. The Labute approximate surface area is 111 Å². The number of hydrogen-bond acceptors (Lipinski definition) is 4. The van der Waals surface area contributed by atoms with Gasteiger partial charge in [0.15, 0.2) is 0 Å². The Morgan fingerprint density at radius 1 is 1.28 bits per heavy atom. The molecule has 0 spiro atoms. The van der Waals surface area contributed by atoms with Crippen LogP contribution >= 0.6 is 0 Å². The highest BCUT2D eigenvalue weighted by molar-refractivity contribution is 4.84. The number of likely N-dealkylation sites (tertiary alicyclic amines) is 1. The minimum absolute atomic E-state index is 0.683. The van der Waals surface area contributed by atoms with Gasteiger partial charge in [0.1, 0.15) is 0 Å². The lowest BCUT2D eigenvalue weighted by atomic mass is 10.1. The second kappa shape index (κ2) is 7.43. The Balaban J connectivity index is 1.62. The van der Waals surface area contributed by atoms with Crippen LogP contribution in [-0.2, 0) is 4.74 Å². The van der Waals surface area contributed by atoms with Gasteiger partial charge in [-0.05, 0) is 44.8 Å². The Morgan fingerprint density at radius 2 is 2.06 bits per heavy atom. The van der Waals surface area contributed by atoms with E-state index < -0.39 is 0 Å². The van der Waals surface area contributed by atoms with Crippen molar-refractivity contribution >= 4 is 0 Å². The summed E-state index contributed by atoms with van der Waals surface area (Å²) < 4.78 is 5.42. The third kappa shape index (κ3) is 4.19. The molecule has 2 aliphatic heterocycles. The summed E-state index contributed by atoms with van der Waals surface area (Å²) in [6, 6.07) is 0.779. The molecule has 2 saturated heterocycles. The first-order valence-electron chi connectivity index (χ1n) is 7.54. The van der Waals surface area contributed by atoms with Crippen LogP contribution in [0.1, 0.15) is 26.2 Å². The quantitative estimate of drug-likeness (QED) is 0.761. The van der Waals surface area contributed by atoms with Crippen molar-refractivity contribution in [3.63, 3.8) is 0 Å². The maximum atomic E-state index is 5.65. The van der Waals surface area contributed by atoms with Crippen LogP contribution < -0.4 is 5.73 Å². The molecule has 2 unspecified atom stereocenters. The zero-order valence-corrected chi connectivity index (χ0v) is 11.8. The van der Waals surface area contributed by atoms with Crippen LogP contribution in [0.15, 0.2) is 0 Å². The molecule has 0 aromatic carbocycles. The molecule has 4 heteroatoms. The first-order chi connectivity index (χ1) is 8.79. The van der Waals surface area contributed by atoms with Gasteiger partial charge in [-0.2, -0.15) is 0 Å². The average Bonchev–Trinajstić information content (AvgIpc) is 2.88. The molecule has 0 bridgehead atoms. The minimum atomic E-state index is 0.683. The van der Waals surface area contributed by atoms with Crippen LogP contribution in [0.4, 0.5) is 0 Å². The van der Waals surface area contributed by atoms with Gasteiger partial charge in [-0.1, -0.05) is 6.92 Å². The van der Waals surface area contributed by atoms with Gasteiger partial charge in [0, 0.05) is 25.7 Å². The van der Waals surface area contributed by atoms with Gasteiger partial charge in [0.25, 0.3) is 0 Å². The molecule has 2 atom stereocenters. The fraction of sp³-hybridized carbons (Fsp3) is 1.00. The van der Waals surface area contributed by atoms with Crippen molar-refractivity contribution in [1.82, 2.24) is 9.80 Å². The van der Waals surface area contributed by atoms with Crippen molar-refractivity contribution in [2.45, 2.75) is 32.2 Å². The van der Waals surface area contributed by atoms with Crippen molar-refractivity contribution in [3.05, 3.63) is 0 Å². The molecule has 2 fully saturated rings. The van der Waals surface area contributed by atoms with E-state index in [4.69, 9.17) is 10.5 Å². The molecule has 0 saturated carbocycles. The first-order valence-corrected chi connectivity index (χ1v) is 7.54. The highest BCUT2D eigenvalue weighted by atomic mass is 16.5. The number of hydrogen-bond donors (Lipinski definition) is 1. The number of rotatable bonds is 6. The van der Waals surface area contributed by atoms with Crippen LogP contribution in [0.2, 0.25) is 0 Å². The minimum Gasteiger partial charge on any atom is -0.379 e. The number of morpholine rings is 1. The normalized spacial score (nSPS) is 28.7. The highest BCUT2D eigenvalue weighted by Crippen LogP contribution is 2.17. The van der Waals surface area contributed by atoms with E-state index in [1.165, 1.54) is 38.9 Å². The lowest BCUT2D eigenvalue weighted by Gasteiger charge is -2.32. The zero-order valence-electron chi connectivity index (χ0n) is 11.8. The van der Waals surface area contributed by atoms with Gasteiger partial charge in [-0.15, -0.1) is 0 Å². The van der Waals surface area contributed by atoms with Crippen LogP contribution in [-0.4, -0.2) is 68.3 Å². The van der Waals surface area contributed by atoms with Crippen molar-refractivity contribution in [2.24, 2.45) is 11.7 Å². The lowest BCUT2D eigenvalue weighted by molar-refractivity contribution is 0.0185. The number of ether oxygens (including phenoxy) is 1. The fourth-order valence-corrected chi connectivity index (χ4v) is 3.04. The number of nitrogens with zero attached hydrogens (tertiary/aromatic N) is 2. The van der Waals surface area contributed by atoms with Crippen molar-refractivity contribution < 1.29 is 4.74 Å². The van der Waals surface area contributed by atoms with E-state index in [-0.39, 0.29) is 0 Å². The predicted molar refractivity (Wildman–Crippen MR) is 74.7 cm³/mol. The Morgan fingerprint density at radius 3 is 2.78 bits per heavy atom. The standard InChI is InChI=1S/C14H29N3O/c1-13(11-15)3-2-5-16-6-4-14(12-16)17-7-9-18-10-8-17/h13-14H,2-12,15H2,1H3. The average molecular weight is 255 g/mol. The van der Waals surface area contributed by atoms with E-state index in [2.05, 4.69) is 16.7 Å². The maximum absolute atomic E-state index is 5.65. The van der Waals surface area contributed by atoms with E-state index in [0.717, 1.165) is 38.9 Å². The molecule has 4 nitrogen and oxygen atoms in total. The van der Waals surface area contributed by atoms with Crippen LogP contribution in [0, 0.1) is 5.92 Å². The molecular formula is C14H29N3O. The lowest BCUT2D eigenvalue weighted by Crippen LogP contribution is -2.44. The molecule has 2 heterocycles. The molecule has 2 rings (SSSR count). The van der Waals surface area contributed by atoms with Crippen LogP contribution in [0.3, 0.4) is 0 Å². The van der Waals surface area contributed by atoms with Crippen LogP contribution in [0.5, 0.6) is 0 Å². The van der Waals surface area contributed by atoms with Crippen molar-refractivity contribution in [2.75, 3.05) is 52.5 Å². The summed E-state index contributed by atoms with van der Waals surface area (Å²) in [6.45, 7) is 11.0. The molecule has 18 heavy (non-hydrogen) atoms. The molecule has 0 amide bonds. The molecule has 2 aliphatic rings. The summed E-state index contributed by atoms with van der Waals surface area (Å²) in [6.07, 6.45) is 3.91. The van der Waals surface area contributed by atoms with Crippen molar-refractivity contribution in [3.8, 4) is 0 Å². The second-order valence-electron chi connectivity index (χ2n) is 5.87. The Hall–Kier alpha value is -0.160. The first kappa shape index (κ1) is 14.3. The highest BCUT2D eigenvalue weighted by Gasteiger charge is 2.28. The van der Waals surface area contributed by atoms with Crippen molar-refractivity contribution in [1.29, 1.82) is 0 Å². The summed E-state index contributed by atoms with van der Waals surface area (Å²) in [5, 5.41) is 0. The number of nitrogens with two attached hydrogens (primary N) is 1.